The van der Waals surface area contributed by atoms with Crippen molar-refractivity contribution in [3.8, 4) is 11.5 Å². The van der Waals surface area contributed by atoms with Gasteiger partial charge in [0.05, 0.1) is 10.1 Å². The summed E-state index contributed by atoms with van der Waals surface area (Å²) in [4.78, 5) is 18.0. The van der Waals surface area contributed by atoms with Crippen molar-refractivity contribution in [2.24, 2.45) is 0 Å². The van der Waals surface area contributed by atoms with Gasteiger partial charge in [-0.15, -0.1) is 23.1 Å². The molecule has 0 bridgehead atoms. The van der Waals surface area contributed by atoms with Crippen molar-refractivity contribution in [2.45, 2.75) is 12.3 Å². The second-order valence-corrected chi connectivity index (χ2v) is 9.62. The summed E-state index contributed by atoms with van der Waals surface area (Å²) in [5.74, 6) is 3.26. The minimum Gasteiger partial charge on any atom is -0.486 e. The van der Waals surface area contributed by atoms with E-state index in [1.165, 1.54) is 10.4 Å². The van der Waals surface area contributed by atoms with Crippen LogP contribution in [0.25, 0.3) is 0 Å². The van der Waals surface area contributed by atoms with Gasteiger partial charge >= 0.3 is 0 Å². The maximum absolute atomic E-state index is 12.5. The first-order valence-electron chi connectivity index (χ1n) is 9.38. The number of ether oxygens (including phenoxy) is 2. The van der Waals surface area contributed by atoms with Crippen molar-refractivity contribution >= 4 is 40.6 Å². The molecule has 1 fully saturated rings. The zero-order valence-electron chi connectivity index (χ0n) is 15.6. The van der Waals surface area contributed by atoms with Crippen molar-refractivity contribution in [3.05, 3.63) is 45.1 Å². The molecule has 8 heteroatoms. The largest absolute Gasteiger partial charge is 0.486 e. The van der Waals surface area contributed by atoms with E-state index in [-0.39, 0.29) is 5.91 Å². The highest BCUT2D eigenvalue weighted by atomic mass is 35.5. The van der Waals surface area contributed by atoms with Gasteiger partial charge in [-0.2, -0.15) is 0 Å². The predicted octanol–water partition coefficient (Wildman–Crippen LogP) is 3.75. The number of benzene rings is 1. The van der Waals surface area contributed by atoms with Gasteiger partial charge in [0.25, 0.3) is 0 Å². The van der Waals surface area contributed by atoms with Gasteiger partial charge in [0, 0.05) is 43.4 Å². The highest BCUT2D eigenvalue weighted by molar-refractivity contribution is 7.99. The number of amides is 1. The van der Waals surface area contributed by atoms with Crippen molar-refractivity contribution in [1.29, 1.82) is 0 Å². The standard InChI is InChI=1S/C20H23ClN2O3S2/c21-19-4-2-16(28-19)13-27-14-20(24)23-7-5-22(6-8-23)12-15-1-3-17-18(11-15)26-10-9-25-17/h1-4,11H,5-10,12-14H2. The highest BCUT2D eigenvalue weighted by Gasteiger charge is 2.21. The Labute approximate surface area is 178 Å². The van der Waals surface area contributed by atoms with Crippen LogP contribution in [0.4, 0.5) is 0 Å². The molecule has 1 aromatic carbocycles. The summed E-state index contributed by atoms with van der Waals surface area (Å²) in [5.41, 5.74) is 1.22. The summed E-state index contributed by atoms with van der Waals surface area (Å²) < 4.78 is 12.0. The molecule has 2 aliphatic heterocycles. The van der Waals surface area contributed by atoms with E-state index < -0.39 is 0 Å². The minimum atomic E-state index is 0.228. The van der Waals surface area contributed by atoms with Crippen molar-refractivity contribution in [3.63, 3.8) is 0 Å². The molecular weight excluding hydrogens is 416 g/mol. The molecule has 3 heterocycles. The highest BCUT2D eigenvalue weighted by Crippen LogP contribution is 2.31. The summed E-state index contributed by atoms with van der Waals surface area (Å²) in [6, 6.07) is 10.1. The fourth-order valence-electron chi connectivity index (χ4n) is 3.36. The van der Waals surface area contributed by atoms with Gasteiger partial charge in [-0.3, -0.25) is 9.69 Å². The summed E-state index contributed by atoms with van der Waals surface area (Å²) in [5, 5.41) is 0. The fourth-order valence-corrected chi connectivity index (χ4v) is 5.48. The minimum absolute atomic E-state index is 0.228. The van der Waals surface area contributed by atoms with Gasteiger partial charge in [-0.25, -0.2) is 0 Å². The molecule has 0 unspecified atom stereocenters. The van der Waals surface area contributed by atoms with Crippen molar-refractivity contribution < 1.29 is 14.3 Å². The molecule has 2 aromatic rings. The molecule has 4 rings (SSSR count). The lowest BCUT2D eigenvalue weighted by Gasteiger charge is -2.35. The van der Waals surface area contributed by atoms with E-state index in [0.29, 0.717) is 19.0 Å². The molecule has 28 heavy (non-hydrogen) atoms. The number of thioether (sulfide) groups is 1. The summed E-state index contributed by atoms with van der Waals surface area (Å²) in [6.45, 7) is 5.45. The van der Waals surface area contributed by atoms with Gasteiger partial charge < -0.3 is 14.4 Å². The lowest BCUT2D eigenvalue weighted by molar-refractivity contribution is -0.130. The van der Waals surface area contributed by atoms with Gasteiger partial charge in [-0.05, 0) is 29.8 Å². The quantitative estimate of drug-likeness (QED) is 0.687. The Morgan fingerprint density at radius 1 is 1.07 bits per heavy atom. The van der Waals surface area contributed by atoms with Crippen molar-refractivity contribution in [1.82, 2.24) is 9.80 Å². The molecule has 1 aromatic heterocycles. The first kappa shape index (κ1) is 19.9. The summed E-state index contributed by atoms with van der Waals surface area (Å²) >= 11 is 9.19. The third-order valence-electron chi connectivity index (χ3n) is 4.84. The maximum Gasteiger partial charge on any atom is 0.232 e. The number of hydrogen-bond donors (Lipinski definition) is 0. The summed E-state index contributed by atoms with van der Waals surface area (Å²) in [6.07, 6.45) is 0. The van der Waals surface area contributed by atoms with E-state index in [2.05, 4.69) is 17.0 Å². The molecule has 0 saturated carbocycles. The molecule has 150 valence electrons. The molecular formula is C20H23ClN2O3S2. The number of fused-ring (bicyclic) bond motifs is 1. The van der Waals surface area contributed by atoms with Crippen LogP contribution in [0.1, 0.15) is 10.4 Å². The molecule has 0 radical (unpaired) electrons. The van der Waals surface area contributed by atoms with E-state index in [0.717, 1.165) is 54.3 Å². The van der Waals surface area contributed by atoms with Gasteiger partial charge in [0.1, 0.15) is 13.2 Å². The molecule has 0 aliphatic carbocycles. The Hall–Kier alpha value is -1.41. The topological polar surface area (TPSA) is 42.0 Å². The summed E-state index contributed by atoms with van der Waals surface area (Å²) in [7, 11) is 0. The number of carbonyl (C=O) groups is 1. The zero-order valence-corrected chi connectivity index (χ0v) is 18.0. The van der Waals surface area contributed by atoms with Crippen LogP contribution in [0.3, 0.4) is 0 Å². The van der Waals surface area contributed by atoms with E-state index in [1.54, 1.807) is 23.1 Å². The van der Waals surface area contributed by atoms with Crippen LogP contribution in [-0.4, -0.2) is 60.9 Å². The Morgan fingerprint density at radius 3 is 2.61 bits per heavy atom. The predicted molar refractivity (Wildman–Crippen MR) is 115 cm³/mol. The Morgan fingerprint density at radius 2 is 1.86 bits per heavy atom. The van der Waals surface area contributed by atoms with Gasteiger partial charge in [0.2, 0.25) is 5.91 Å². The monoisotopic (exact) mass is 438 g/mol. The number of nitrogens with zero attached hydrogens (tertiary/aromatic N) is 2. The van der Waals surface area contributed by atoms with E-state index in [9.17, 15) is 4.79 Å². The van der Waals surface area contributed by atoms with Crippen LogP contribution in [0.5, 0.6) is 11.5 Å². The normalized spacial score (nSPS) is 17.0. The first-order chi connectivity index (χ1) is 13.7. The van der Waals surface area contributed by atoms with Gasteiger partial charge in [-0.1, -0.05) is 17.7 Å². The average Bonchev–Trinajstić information content (AvgIpc) is 3.13. The molecule has 0 N–H and O–H groups in total. The third kappa shape index (κ3) is 5.14. The fraction of sp³-hybridized carbons (Fsp3) is 0.450. The lowest BCUT2D eigenvalue weighted by Crippen LogP contribution is -2.48. The Kier molecular flexibility index (Phi) is 6.67. The number of carbonyl (C=O) groups excluding carboxylic acids is 1. The maximum atomic E-state index is 12.5. The lowest BCUT2D eigenvalue weighted by atomic mass is 10.1. The van der Waals surface area contributed by atoms with Crippen LogP contribution in [-0.2, 0) is 17.1 Å². The van der Waals surface area contributed by atoms with E-state index in [1.807, 2.05) is 23.1 Å². The number of hydrogen-bond acceptors (Lipinski definition) is 6. The van der Waals surface area contributed by atoms with E-state index in [4.69, 9.17) is 21.1 Å². The molecule has 0 atom stereocenters. The zero-order chi connectivity index (χ0) is 19.3. The smallest absolute Gasteiger partial charge is 0.232 e. The van der Waals surface area contributed by atoms with Crippen LogP contribution in [0.2, 0.25) is 4.34 Å². The second kappa shape index (κ2) is 9.39. The molecule has 0 spiro atoms. The number of rotatable bonds is 6. The second-order valence-electron chi connectivity index (χ2n) is 6.83. The van der Waals surface area contributed by atoms with Crippen LogP contribution >= 0.6 is 34.7 Å². The molecule has 2 aliphatic rings. The molecule has 1 amide bonds. The molecule has 5 nitrogen and oxygen atoms in total. The van der Waals surface area contributed by atoms with Crippen molar-refractivity contribution in [2.75, 3.05) is 45.1 Å². The third-order valence-corrected chi connectivity index (χ3v) is 7.22. The number of piperazine rings is 1. The van der Waals surface area contributed by atoms with Gasteiger partial charge in [0.15, 0.2) is 11.5 Å². The first-order valence-corrected chi connectivity index (χ1v) is 11.7. The Bertz CT molecular complexity index is 822. The molecule has 1 saturated heterocycles. The van der Waals surface area contributed by atoms with Crippen LogP contribution in [0, 0.1) is 0 Å². The van der Waals surface area contributed by atoms with E-state index >= 15 is 0 Å². The Balaban J connectivity index is 1.20. The number of thiophene rings is 1. The number of halogens is 1. The van der Waals surface area contributed by atoms with Crippen LogP contribution in [0.15, 0.2) is 30.3 Å². The average molecular weight is 439 g/mol. The van der Waals surface area contributed by atoms with Crippen LogP contribution < -0.4 is 9.47 Å². The SMILES string of the molecule is O=C(CSCc1ccc(Cl)s1)N1CCN(Cc2ccc3c(c2)OCCO3)CC1.